The maximum absolute atomic E-state index is 11.7. The number of nitriles is 1. The van der Waals surface area contributed by atoms with E-state index >= 15 is 0 Å². The SMILES string of the molecule is CC(=O)OC[C@H]1O[C@@H](OC(C)(C)C#N)[C@@H](OC(C)=O)[C@@H](OC(C)=O)[C@@H]1OC(C)=O. The average molecular weight is 415 g/mol. The molecule has 0 aromatic heterocycles. The molecule has 0 aliphatic carbocycles. The van der Waals surface area contributed by atoms with Crippen LogP contribution in [0.25, 0.3) is 0 Å². The Morgan fingerprint density at radius 3 is 1.79 bits per heavy atom. The second-order valence-corrected chi connectivity index (χ2v) is 6.81. The lowest BCUT2D eigenvalue weighted by atomic mass is 9.97. The Bertz CT molecular complexity index is 683. The monoisotopic (exact) mass is 415 g/mol. The van der Waals surface area contributed by atoms with Crippen molar-refractivity contribution in [1.82, 2.24) is 0 Å². The molecule has 1 saturated heterocycles. The Morgan fingerprint density at radius 2 is 1.34 bits per heavy atom. The number of ether oxygens (including phenoxy) is 6. The van der Waals surface area contributed by atoms with Gasteiger partial charge >= 0.3 is 23.9 Å². The van der Waals surface area contributed by atoms with Crippen molar-refractivity contribution in [1.29, 1.82) is 5.26 Å². The average Bonchev–Trinajstić information content (AvgIpc) is 2.57. The van der Waals surface area contributed by atoms with Crippen molar-refractivity contribution < 1.29 is 47.6 Å². The topological polar surface area (TPSA) is 147 Å². The molecule has 1 rings (SSSR count). The quantitative estimate of drug-likeness (QED) is 0.420. The first-order valence-corrected chi connectivity index (χ1v) is 8.76. The van der Waals surface area contributed by atoms with Crippen LogP contribution >= 0.6 is 0 Å². The molecule has 0 N–H and O–H groups in total. The molecule has 0 amide bonds. The molecule has 5 atom stereocenters. The first kappa shape index (κ1) is 24.3. The Balaban J connectivity index is 3.38. The second kappa shape index (κ2) is 10.2. The number of esters is 4. The summed E-state index contributed by atoms with van der Waals surface area (Å²) in [5, 5.41) is 9.25. The largest absolute Gasteiger partial charge is 0.463 e. The van der Waals surface area contributed by atoms with Gasteiger partial charge < -0.3 is 28.4 Å². The van der Waals surface area contributed by atoms with Crippen molar-refractivity contribution in [3.8, 4) is 6.07 Å². The van der Waals surface area contributed by atoms with E-state index < -0.39 is 60.2 Å². The first-order chi connectivity index (χ1) is 13.4. The summed E-state index contributed by atoms with van der Waals surface area (Å²) in [6.07, 6.45) is -6.48. The van der Waals surface area contributed by atoms with Crippen LogP contribution in [0.5, 0.6) is 0 Å². The highest BCUT2D eigenvalue weighted by Gasteiger charge is 2.53. The van der Waals surface area contributed by atoms with E-state index in [9.17, 15) is 24.4 Å². The van der Waals surface area contributed by atoms with Crippen LogP contribution in [0.4, 0.5) is 0 Å². The predicted molar refractivity (Wildman–Crippen MR) is 92.7 cm³/mol. The van der Waals surface area contributed by atoms with Crippen molar-refractivity contribution in [3.05, 3.63) is 0 Å². The second-order valence-electron chi connectivity index (χ2n) is 6.81. The minimum atomic E-state index is -1.38. The molecular weight excluding hydrogens is 390 g/mol. The number of carbonyl (C=O) groups excluding carboxylic acids is 4. The molecule has 0 bridgehead atoms. The van der Waals surface area contributed by atoms with Gasteiger partial charge in [0.1, 0.15) is 12.7 Å². The van der Waals surface area contributed by atoms with Crippen LogP contribution in [0.15, 0.2) is 0 Å². The molecule has 0 aromatic rings. The maximum atomic E-state index is 11.7. The van der Waals surface area contributed by atoms with E-state index in [-0.39, 0.29) is 6.61 Å². The normalized spacial score (nSPS) is 26.6. The minimum absolute atomic E-state index is 0.370. The highest BCUT2D eigenvalue weighted by atomic mass is 16.7. The smallest absolute Gasteiger partial charge is 0.303 e. The van der Waals surface area contributed by atoms with Crippen LogP contribution in [0.2, 0.25) is 0 Å². The summed E-state index contributed by atoms with van der Waals surface area (Å²) < 4.78 is 32.0. The zero-order valence-electron chi connectivity index (χ0n) is 17.1. The zero-order chi connectivity index (χ0) is 22.4. The number of hydrogen-bond donors (Lipinski definition) is 0. The lowest BCUT2D eigenvalue weighted by Gasteiger charge is -2.45. The molecule has 11 heteroatoms. The fraction of sp³-hybridized carbons (Fsp3) is 0.722. The molecule has 1 aliphatic rings. The molecular formula is C18H25NO10. The van der Waals surface area contributed by atoms with Gasteiger partial charge in [0.2, 0.25) is 6.29 Å². The van der Waals surface area contributed by atoms with Crippen LogP contribution in [-0.4, -0.2) is 66.8 Å². The number of rotatable bonds is 7. The van der Waals surface area contributed by atoms with Gasteiger partial charge in [0.05, 0.1) is 6.07 Å². The van der Waals surface area contributed by atoms with Crippen molar-refractivity contribution >= 4 is 23.9 Å². The maximum Gasteiger partial charge on any atom is 0.303 e. The van der Waals surface area contributed by atoms with Crippen LogP contribution < -0.4 is 0 Å². The number of nitrogens with zero attached hydrogens (tertiary/aromatic N) is 1. The van der Waals surface area contributed by atoms with Gasteiger partial charge in [-0.25, -0.2) is 0 Å². The lowest BCUT2D eigenvalue weighted by molar-refractivity contribution is -0.321. The summed E-state index contributed by atoms with van der Waals surface area (Å²) in [6, 6.07) is 1.91. The highest BCUT2D eigenvalue weighted by molar-refractivity contribution is 5.68. The van der Waals surface area contributed by atoms with Gasteiger partial charge in [-0.3, -0.25) is 19.2 Å². The van der Waals surface area contributed by atoms with Gasteiger partial charge in [0, 0.05) is 27.7 Å². The fourth-order valence-electron chi connectivity index (χ4n) is 2.60. The molecule has 0 radical (unpaired) electrons. The van der Waals surface area contributed by atoms with Gasteiger partial charge in [0.25, 0.3) is 0 Å². The molecule has 1 heterocycles. The van der Waals surface area contributed by atoms with Crippen molar-refractivity contribution in [2.45, 2.75) is 77.8 Å². The van der Waals surface area contributed by atoms with E-state index in [1.807, 2.05) is 6.07 Å². The standard InChI is InChI=1S/C18H25NO10/c1-9(20)24-7-13-14(25-10(2)21)15(26-11(3)22)16(27-12(4)23)17(28-13)29-18(5,6)8-19/h13-17H,7H2,1-6H3/t13-,14-,15+,16+,17+/m1/s1. The molecule has 0 saturated carbocycles. The van der Waals surface area contributed by atoms with E-state index in [1.165, 1.54) is 20.8 Å². The lowest BCUT2D eigenvalue weighted by Crippen LogP contribution is -2.63. The zero-order valence-corrected chi connectivity index (χ0v) is 17.1. The van der Waals surface area contributed by atoms with Gasteiger partial charge in [0.15, 0.2) is 23.9 Å². The summed E-state index contributed by atoms with van der Waals surface area (Å²) in [6.45, 7) is 7.04. The molecule has 11 nitrogen and oxygen atoms in total. The van der Waals surface area contributed by atoms with E-state index in [0.717, 1.165) is 20.8 Å². The summed E-state index contributed by atoms with van der Waals surface area (Å²) in [4.78, 5) is 46.1. The molecule has 162 valence electrons. The van der Waals surface area contributed by atoms with E-state index in [2.05, 4.69) is 0 Å². The van der Waals surface area contributed by atoms with E-state index in [4.69, 9.17) is 28.4 Å². The van der Waals surface area contributed by atoms with E-state index in [0.29, 0.717) is 0 Å². The summed E-state index contributed by atoms with van der Waals surface area (Å²) >= 11 is 0. The first-order valence-electron chi connectivity index (χ1n) is 8.76. The van der Waals surface area contributed by atoms with Crippen LogP contribution in [0.3, 0.4) is 0 Å². The van der Waals surface area contributed by atoms with Crippen LogP contribution in [-0.2, 0) is 47.6 Å². The van der Waals surface area contributed by atoms with Gasteiger partial charge in [-0.1, -0.05) is 0 Å². The van der Waals surface area contributed by atoms with Gasteiger partial charge in [-0.15, -0.1) is 0 Å². The Kier molecular flexibility index (Phi) is 8.54. The van der Waals surface area contributed by atoms with E-state index in [1.54, 1.807) is 0 Å². The summed E-state index contributed by atoms with van der Waals surface area (Å²) in [5.74, 6) is -2.87. The van der Waals surface area contributed by atoms with Crippen molar-refractivity contribution in [2.24, 2.45) is 0 Å². The number of hydrogen-bond acceptors (Lipinski definition) is 11. The molecule has 1 aliphatic heterocycles. The molecule has 0 spiro atoms. The molecule has 1 fully saturated rings. The third kappa shape index (κ3) is 7.67. The third-order valence-electron chi connectivity index (χ3n) is 3.63. The third-order valence-corrected chi connectivity index (χ3v) is 3.63. The molecule has 0 aromatic carbocycles. The van der Waals surface area contributed by atoms with Gasteiger partial charge in [-0.2, -0.15) is 5.26 Å². The highest BCUT2D eigenvalue weighted by Crippen LogP contribution is 2.31. The number of carbonyl (C=O) groups is 4. The van der Waals surface area contributed by atoms with Crippen molar-refractivity contribution in [2.75, 3.05) is 6.61 Å². The summed E-state index contributed by atoms with van der Waals surface area (Å²) in [7, 11) is 0. The Hall–Kier alpha value is -2.71. The van der Waals surface area contributed by atoms with Crippen LogP contribution in [0, 0.1) is 11.3 Å². The summed E-state index contributed by atoms with van der Waals surface area (Å²) in [5.41, 5.74) is -1.37. The van der Waals surface area contributed by atoms with Crippen molar-refractivity contribution in [3.63, 3.8) is 0 Å². The Labute approximate surface area is 168 Å². The van der Waals surface area contributed by atoms with Gasteiger partial charge in [-0.05, 0) is 13.8 Å². The van der Waals surface area contributed by atoms with Crippen LogP contribution in [0.1, 0.15) is 41.5 Å². The molecule has 0 unspecified atom stereocenters. The minimum Gasteiger partial charge on any atom is -0.463 e. The Morgan fingerprint density at radius 1 is 0.862 bits per heavy atom. The predicted octanol–water partition coefficient (Wildman–Crippen LogP) is 0.388. The fourth-order valence-corrected chi connectivity index (χ4v) is 2.60. The molecule has 29 heavy (non-hydrogen) atoms.